The summed E-state index contributed by atoms with van der Waals surface area (Å²) in [5, 5.41) is 3.66. The highest BCUT2D eigenvalue weighted by Gasteiger charge is 2.32. The highest BCUT2D eigenvalue weighted by Crippen LogP contribution is 2.24. The van der Waals surface area contributed by atoms with Gasteiger partial charge in [-0.05, 0) is 24.3 Å². The fraction of sp³-hybridized carbons (Fsp3) is 0.391. The van der Waals surface area contributed by atoms with Gasteiger partial charge in [-0.15, -0.1) is 0 Å². The zero-order chi connectivity index (χ0) is 20.7. The molecule has 1 aliphatic heterocycles. The fourth-order valence-electron chi connectivity index (χ4n) is 4.01. The SMILES string of the molecule is C[N+]1(Cc2ccc(Cl)cc2)CCC(N(C=O)CCNC(=O)c2ccccc2)CC1.[I-]. The molecule has 0 aromatic heterocycles. The molecule has 2 amide bonds. The summed E-state index contributed by atoms with van der Waals surface area (Å²) in [5.74, 6) is -0.104. The van der Waals surface area contributed by atoms with Crippen LogP contribution in [0.2, 0.25) is 5.02 Å². The Morgan fingerprint density at radius 3 is 2.37 bits per heavy atom. The molecule has 0 atom stereocenters. The molecule has 3 rings (SSSR count). The van der Waals surface area contributed by atoms with E-state index in [0.29, 0.717) is 18.7 Å². The number of hydrogen-bond donors (Lipinski definition) is 1. The van der Waals surface area contributed by atoms with Crippen LogP contribution < -0.4 is 29.3 Å². The van der Waals surface area contributed by atoms with E-state index in [0.717, 1.165) is 48.4 Å². The number of nitrogens with one attached hydrogen (secondary N) is 1. The standard InChI is InChI=1S/C23H28ClN3O2.HI/c1-27(17-19-7-9-21(24)10-8-19)15-11-22(12-16-27)26(18-28)14-13-25-23(29)20-5-3-2-4-6-20;/h2-10,18,22H,11-17H2,1H3;1H. The Balaban J connectivity index is 0.00000320. The summed E-state index contributed by atoms with van der Waals surface area (Å²) in [4.78, 5) is 25.6. The first-order chi connectivity index (χ1) is 14.0. The van der Waals surface area contributed by atoms with Gasteiger partial charge in [0.2, 0.25) is 6.41 Å². The van der Waals surface area contributed by atoms with E-state index < -0.39 is 0 Å². The van der Waals surface area contributed by atoms with Crippen molar-refractivity contribution in [3.8, 4) is 0 Å². The van der Waals surface area contributed by atoms with E-state index in [-0.39, 0.29) is 35.9 Å². The zero-order valence-electron chi connectivity index (χ0n) is 17.3. The Bertz CT molecular complexity index is 809. The molecule has 1 saturated heterocycles. The van der Waals surface area contributed by atoms with E-state index in [1.807, 2.05) is 35.2 Å². The zero-order valence-corrected chi connectivity index (χ0v) is 20.2. The third kappa shape index (κ3) is 6.96. The molecule has 1 aliphatic rings. The lowest BCUT2D eigenvalue weighted by Crippen LogP contribution is -3.00. The molecule has 0 bridgehead atoms. The maximum absolute atomic E-state index is 12.1. The van der Waals surface area contributed by atoms with Gasteiger partial charge in [-0.25, -0.2) is 0 Å². The number of piperidine rings is 1. The van der Waals surface area contributed by atoms with Crippen molar-refractivity contribution in [2.75, 3.05) is 33.2 Å². The van der Waals surface area contributed by atoms with E-state index in [2.05, 4.69) is 24.5 Å². The molecule has 30 heavy (non-hydrogen) atoms. The summed E-state index contributed by atoms with van der Waals surface area (Å²) in [6, 6.07) is 17.4. The van der Waals surface area contributed by atoms with Gasteiger partial charge in [0, 0.05) is 48.1 Å². The van der Waals surface area contributed by atoms with Crippen LogP contribution in [-0.4, -0.2) is 61.0 Å². The van der Waals surface area contributed by atoms with Gasteiger partial charge < -0.3 is 38.7 Å². The molecule has 0 saturated carbocycles. The van der Waals surface area contributed by atoms with Gasteiger partial charge in [-0.3, -0.25) is 9.59 Å². The maximum atomic E-state index is 12.1. The molecule has 0 radical (unpaired) electrons. The smallest absolute Gasteiger partial charge is 0.251 e. The summed E-state index contributed by atoms with van der Waals surface area (Å²) in [5.41, 5.74) is 1.92. The van der Waals surface area contributed by atoms with Crippen LogP contribution in [0.25, 0.3) is 0 Å². The summed E-state index contributed by atoms with van der Waals surface area (Å²) in [6.45, 7) is 4.01. The summed E-state index contributed by atoms with van der Waals surface area (Å²) >= 11 is 5.99. The third-order valence-electron chi connectivity index (χ3n) is 5.78. The van der Waals surface area contributed by atoms with Gasteiger partial charge in [0.05, 0.1) is 20.1 Å². The van der Waals surface area contributed by atoms with E-state index in [1.165, 1.54) is 5.56 Å². The minimum Gasteiger partial charge on any atom is -1.00 e. The molecule has 1 fully saturated rings. The predicted octanol–water partition coefficient (Wildman–Crippen LogP) is 0.341. The van der Waals surface area contributed by atoms with Crippen LogP contribution in [0.5, 0.6) is 0 Å². The van der Waals surface area contributed by atoms with Gasteiger partial charge >= 0.3 is 0 Å². The molecule has 0 spiro atoms. The van der Waals surface area contributed by atoms with Crippen molar-refractivity contribution in [3.05, 3.63) is 70.7 Å². The first-order valence-electron chi connectivity index (χ1n) is 10.1. The van der Waals surface area contributed by atoms with Crippen LogP contribution in [0.3, 0.4) is 0 Å². The lowest BCUT2D eigenvalue weighted by atomic mass is 10.0. The minimum atomic E-state index is -0.104. The van der Waals surface area contributed by atoms with Gasteiger partial charge in [-0.1, -0.05) is 41.9 Å². The number of nitrogens with zero attached hydrogens (tertiary/aromatic N) is 2. The lowest BCUT2D eigenvalue weighted by Gasteiger charge is -2.43. The molecule has 0 unspecified atom stereocenters. The Kier molecular flexibility index (Phi) is 9.58. The number of amides is 2. The third-order valence-corrected chi connectivity index (χ3v) is 6.03. The Morgan fingerprint density at radius 1 is 1.13 bits per heavy atom. The molecule has 1 N–H and O–H groups in total. The van der Waals surface area contributed by atoms with Crippen molar-refractivity contribution in [1.29, 1.82) is 0 Å². The van der Waals surface area contributed by atoms with Crippen molar-refractivity contribution in [2.45, 2.75) is 25.4 Å². The van der Waals surface area contributed by atoms with Crippen molar-refractivity contribution >= 4 is 23.9 Å². The maximum Gasteiger partial charge on any atom is 0.251 e. The number of carbonyl (C=O) groups excluding carboxylic acids is 2. The number of halogens is 2. The molecule has 0 aliphatic carbocycles. The Labute approximate surface area is 201 Å². The lowest BCUT2D eigenvalue weighted by molar-refractivity contribution is -0.927. The van der Waals surface area contributed by atoms with E-state index >= 15 is 0 Å². The van der Waals surface area contributed by atoms with Gasteiger partial charge in [0.25, 0.3) is 5.91 Å². The topological polar surface area (TPSA) is 49.4 Å². The number of carbonyl (C=O) groups is 2. The average molecular weight is 542 g/mol. The van der Waals surface area contributed by atoms with Gasteiger partial charge in [0.15, 0.2) is 0 Å². The second kappa shape index (κ2) is 11.7. The molecule has 7 heteroatoms. The highest BCUT2D eigenvalue weighted by atomic mass is 127. The van der Waals surface area contributed by atoms with Crippen LogP contribution >= 0.6 is 11.6 Å². The predicted molar refractivity (Wildman–Crippen MR) is 116 cm³/mol. The molecule has 2 aromatic rings. The minimum absolute atomic E-state index is 0. The Hall–Kier alpha value is -1.64. The van der Waals surface area contributed by atoms with Crippen LogP contribution in [-0.2, 0) is 11.3 Å². The largest absolute Gasteiger partial charge is 1.00 e. The second-order valence-electron chi connectivity index (χ2n) is 8.05. The van der Waals surface area contributed by atoms with Crippen molar-refractivity contribution in [2.24, 2.45) is 0 Å². The average Bonchev–Trinajstić information content (AvgIpc) is 2.74. The monoisotopic (exact) mass is 541 g/mol. The van der Waals surface area contributed by atoms with Gasteiger partial charge in [-0.2, -0.15) is 0 Å². The number of hydrogen-bond acceptors (Lipinski definition) is 2. The second-order valence-corrected chi connectivity index (χ2v) is 8.48. The van der Waals surface area contributed by atoms with Crippen molar-refractivity contribution in [3.63, 3.8) is 0 Å². The van der Waals surface area contributed by atoms with Crippen LogP contribution in [0.15, 0.2) is 54.6 Å². The summed E-state index contributed by atoms with van der Waals surface area (Å²) in [7, 11) is 2.27. The van der Waals surface area contributed by atoms with Crippen LogP contribution in [0, 0.1) is 0 Å². The van der Waals surface area contributed by atoms with E-state index in [1.54, 1.807) is 12.1 Å². The normalized spacial score (nSPS) is 20.7. The molecular formula is C23H29ClIN3O2. The summed E-state index contributed by atoms with van der Waals surface area (Å²) in [6.07, 6.45) is 2.86. The number of rotatable bonds is 8. The molecule has 162 valence electrons. The van der Waals surface area contributed by atoms with Crippen LogP contribution in [0.1, 0.15) is 28.8 Å². The molecular weight excluding hydrogens is 513 g/mol. The molecule has 5 nitrogen and oxygen atoms in total. The first kappa shape index (κ1) is 24.6. The van der Waals surface area contributed by atoms with E-state index in [9.17, 15) is 9.59 Å². The van der Waals surface area contributed by atoms with Gasteiger partial charge in [0.1, 0.15) is 6.54 Å². The van der Waals surface area contributed by atoms with Crippen molar-refractivity contribution in [1.82, 2.24) is 10.2 Å². The summed E-state index contributed by atoms with van der Waals surface area (Å²) < 4.78 is 0.968. The highest BCUT2D eigenvalue weighted by molar-refractivity contribution is 6.30. The van der Waals surface area contributed by atoms with Crippen molar-refractivity contribution < 1.29 is 38.0 Å². The molecule has 2 aromatic carbocycles. The van der Waals surface area contributed by atoms with Crippen LogP contribution in [0.4, 0.5) is 0 Å². The number of likely N-dealkylation sites (tertiary alicyclic amines) is 1. The first-order valence-corrected chi connectivity index (χ1v) is 10.5. The number of benzene rings is 2. The quantitative estimate of drug-likeness (QED) is 0.298. The number of quaternary nitrogens is 1. The van der Waals surface area contributed by atoms with E-state index in [4.69, 9.17) is 11.6 Å². The fourth-order valence-corrected chi connectivity index (χ4v) is 4.14. The molecule has 1 heterocycles. The Morgan fingerprint density at radius 2 is 1.77 bits per heavy atom.